The van der Waals surface area contributed by atoms with Crippen LogP contribution in [0, 0.1) is 0 Å². The third-order valence-corrected chi connectivity index (χ3v) is 6.35. The number of esters is 2. The SMILES string of the molecule is CCOC(=O)C1=C(c2ccccc2)N=c2s/c(=C\C(=O)OC)c(=O)n2[C@@H]1c1ccccc1Cl. The Balaban J connectivity index is 2.12. The normalized spacial score (nSPS) is 15.6. The van der Waals surface area contributed by atoms with Gasteiger partial charge in [0.15, 0.2) is 4.80 Å². The van der Waals surface area contributed by atoms with Crippen molar-refractivity contribution in [3.63, 3.8) is 0 Å². The molecule has 0 fully saturated rings. The van der Waals surface area contributed by atoms with Gasteiger partial charge in [-0.15, -0.1) is 0 Å². The van der Waals surface area contributed by atoms with Gasteiger partial charge >= 0.3 is 11.9 Å². The number of carbonyl (C=O) groups excluding carboxylic acids is 2. The molecule has 0 bridgehead atoms. The van der Waals surface area contributed by atoms with E-state index >= 15 is 0 Å². The summed E-state index contributed by atoms with van der Waals surface area (Å²) in [6.07, 6.45) is 1.11. The van der Waals surface area contributed by atoms with E-state index in [0.29, 0.717) is 26.6 Å². The Morgan fingerprint density at radius 1 is 1.15 bits per heavy atom. The molecule has 1 aliphatic rings. The topological polar surface area (TPSA) is 87.0 Å². The molecule has 2 aromatic carbocycles. The summed E-state index contributed by atoms with van der Waals surface area (Å²) in [6.45, 7) is 1.85. The Morgan fingerprint density at radius 3 is 2.52 bits per heavy atom. The zero-order valence-electron chi connectivity index (χ0n) is 17.8. The molecule has 0 saturated heterocycles. The molecule has 9 heteroatoms. The maximum Gasteiger partial charge on any atom is 0.338 e. The summed E-state index contributed by atoms with van der Waals surface area (Å²) in [5.41, 5.74) is 1.31. The van der Waals surface area contributed by atoms with E-state index in [0.717, 1.165) is 17.4 Å². The van der Waals surface area contributed by atoms with E-state index in [-0.39, 0.29) is 16.7 Å². The number of methoxy groups -OCH3 is 1. The molecule has 3 aromatic rings. The van der Waals surface area contributed by atoms with Crippen LogP contribution in [0.3, 0.4) is 0 Å². The number of fused-ring (bicyclic) bond motifs is 1. The summed E-state index contributed by atoms with van der Waals surface area (Å²) in [4.78, 5) is 43.5. The second-order valence-electron chi connectivity index (χ2n) is 6.98. The molecule has 1 atom stereocenters. The van der Waals surface area contributed by atoms with Crippen LogP contribution in [0.25, 0.3) is 11.8 Å². The number of carbonyl (C=O) groups is 2. The summed E-state index contributed by atoms with van der Waals surface area (Å²) in [5, 5.41) is 0.376. The fourth-order valence-electron chi connectivity index (χ4n) is 3.60. The lowest BCUT2D eigenvalue weighted by Gasteiger charge is -2.26. The third kappa shape index (κ3) is 4.27. The quantitative estimate of drug-likeness (QED) is 0.522. The van der Waals surface area contributed by atoms with Gasteiger partial charge in [-0.25, -0.2) is 14.6 Å². The lowest BCUT2D eigenvalue weighted by Crippen LogP contribution is -2.40. The number of aromatic nitrogens is 1. The number of thiazole rings is 1. The summed E-state index contributed by atoms with van der Waals surface area (Å²) < 4.78 is 11.6. The zero-order chi connectivity index (χ0) is 23.5. The van der Waals surface area contributed by atoms with Crippen LogP contribution < -0.4 is 14.9 Å². The fraction of sp³-hybridized carbons (Fsp3) is 0.167. The average molecular weight is 483 g/mol. The smallest absolute Gasteiger partial charge is 0.338 e. The fourth-order valence-corrected chi connectivity index (χ4v) is 4.80. The van der Waals surface area contributed by atoms with Crippen LogP contribution in [-0.2, 0) is 19.1 Å². The van der Waals surface area contributed by atoms with E-state index < -0.39 is 23.5 Å². The highest BCUT2D eigenvalue weighted by Gasteiger charge is 2.36. The van der Waals surface area contributed by atoms with Gasteiger partial charge in [-0.05, 0) is 18.6 Å². The minimum atomic E-state index is -0.899. The minimum absolute atomic E-state index is 0.134. The predicted molar refractivity (Wildman–Crippen MR) is 125 cm³/mol. The van der Waals surface area contributed by atoms with Crippen LogP contribution in [0.4, 0.5) is 0 Å². The summed E-state index contributed by atoms with van der Waals surface area (Å²) in [7, 11) is 1.23. The zero-order valence-corrected chi connectivity index (χ0v) is 19.4. The number of hydrogen-bond donors (Lipinski definition) is 0. The number of nitrogens with zero attached hydrogens (tertiary/aromatic N) is 2. The second kappa shape index (κ2) is 9.56. The number of ether oxygens (including phenoxy) is 2. The van der Waals surface area contributed by atoms with Gasteiger partial charge in [0.05, 0.1) is 25.0 Å². The maximum atomic E-state index is 13.4. The van der Waals surface area contributed by atoms with Crippen molar-refractivity contribution in [3.05, 3.63) is 96.0 Å². The van der Waals surface area contributed by atoms with Crippen LogP contribution in [-0.4, -0.2) is 30.2 Å². The molecule has 0 radical (unpaired) electrons. The van der Waals surface area contributed by atoms with E-state index in [1.807, 2.05) is 30.3 Å². The Morgan fingerprint density at radius 2 is 1.85 bits per heavy atom. The first-order valence-electron chi connectivity index (χ1n) is 10.1. The summed E-state index contributed by atoms with van der Waals surface area (Å²) >= 11 is 7.57. The molecule has 0 N–H and O–H groups in total. The van der Waals surface area contributed by atoms with Crippen molar-refractivity contribution >= 4 is 46.6 Å². The van der Waals surface area contributed by atoms with Crippen molar-refractivity contribution in [1.82, 2.24) is 4.57 Å². The molecule has 0 saturated carbocycles. The number of benzene rings is 2. The molecule has 0 spiro atoms. The average Bonchev–Trinajstić information content (AvgIpc) is 3.13. The van der Waals surface area contributed by atoms with Gasteiger partial charge in [-0.1, -0.05) is 71.5 Å². The third-order valence-electron chi connectivity index (χ3n) is 5.02. The molecule has 2 heterocycles. The molecule has 1 aromatic heterocycles. The molecule has 0 unspecified atom stereocenters. The van der Waals surface area contributed by atoms with Crippen molar-refractivity contribution in [3.8, 4) is 0 Å². The molecular weight excluding hydrogens is 464 g/mol. The maximum absolute atomic E-state index is 13.4. The van der Waals surface area contributed by atoms with E-state index in [9.17, 15) is 14.4 Å². The monoisotopic (exact) mass is 482 g/mol. The highest BCUT2D eigenvalue weighted by atomic mass is 35.5. The molecule has 0 aliphatic carbocycles. The van der Waals surface area contributed by atoms with Crippen molar-refractivity contribution in [2.75, 3.05) is 13.7 Å². The van der Waals surface area contributed by atoms with Gasteiger partial charge < -0.3 is 9.47 Å². The molecule has 33 heavy (non-hydrogen) atoms. The predicted octanol–water partition coefficient (Wildman–Crippen LogP) is 2.71. The van der Waals surface area contributed by atoms with Gasteiger partial charge in [-0.3, -0.25) is 9.36 Å². The highest BCUT2D eigenvalue weighted by Crippen LogP contribution is 2.37. The first kappa shape index (κ1) is 22.7. The first-order chi connectivity index (χ1) is 16.0. The van der Waals surface area contributed by atoms with E-state index in [1.165, 1.54) is 11.7 Å². The van der Waals surface area contributed by atoms with Gasteiger partial charge in [0.2, 0.25) is 0 Å². The molecule has 7 nitrogen and oxygen atoms in total. The number of rotatable bonds is 5. The lowest BCUT2D eigenvalue weighted by atomic mass is 9.93. The van der Waals surface area contributed by atoms with Gasteiger partial charge in [0, 0.05) is 16.7 Å². The van der Waals surface area contributed by atoms with E-state index in [1.54, 1.807) is 31.2 Å². The molecule has 0 amide bonds. The second-order valence-corrected chi connectivity index (χ2v) is 8.39. The molecule has 168 valence electrons. The molecule has 1 aliphatic heterocycles. The van der Waals surface area contributed by atoms with Crippen LogP contribution in [0.2, 0.25) is 5.02 Å². The van der Waals surface area contributed by atoms with Gasteiger partial charge in [0.1, 0.15) is 10.6 Å². The van der Waals surface area contributed by atoms with Crippen LogP contribution in [0.5, 0.6) is 0 Å². The van der Waals surface area contributed by atoms with Crippen molar-refractivity contribution in [2.24, 2.45) is 4.99 Å². The Hall–Kier alpha value is -3.49. The largest absolute Gasteiger partial charge is 0.466 e. The summed E-state index contributed by atoms with van der Waals surface area (Å²) in [5.74, 6) is -1.27. The van der Waals surface area contributed by atoms with Crippen molar-refractivity contribution < 1.29 is 19.1 Å². The first-order valence-corrected chi connectivity index (χ1v) is 11.3. The van der Waals surface area contributed by atoms with E-state index in [4.69, 9.17) is 16.3 Å². The van der Waals surface area contributed by atoms with Crippen LogP contribution in [0.1, 0.15) is 24.1 Å². The van der Waals surface area contributed by atoms with Crippen LogP contribution in [0.15, 0.2) is 70.0 Å². The Kier molecular flexibility index (Phi) is 6.57. The van der Waals surface area contributed by atoms with Gasteiger partial charge in [-0.2, -0.15) is 0 Å². The van der Waals surface area contributed by atoms with Crippen molar-refractivity contribution in [1.29, 1.82) is 0 Å². The Bertz CT molecular complexity index is 1440. The van der Waals surface area contributed by atoms with Gasteiger partial charge in [0.25, 0.3) is 5.56 Å². The highest BCUT2D eigenvalue weighted by molar-refractivity contribution is 7.07. The summed E-state index contributed by atoms with van der Waals surface area (Å²) in [6, 6.07) is 15.2. The van der Waals surface area contributed by atoms with Crippen LogP contribution >= 0.6 is 22.9 Å². The standard InChI is InChI=1S/C24H19ClN2O5S/c1-3-32-23(30)19-20(14-9-5-4-6-10-14)26-24-27(21(19)15-11-7-8-12-16(15)25)22(29)17(33-24)13-18(28)31-2/h4-13,21H,3H2,1-2H3/b17-13-/t21-/m1/s1. The number of halogens is 1. The minimum Gasteiger partial charge on any atom is -0.466 e. The van der Waals surface area contributed by atoms with E-state index in [2.05, 4.69) is 9.73 Å². The van der Waals surface area contributed by atoms with Crippen molar-refractivity contribution in [2.45, 2.75) is 13.0 Å². The molecular formula is C24H19ClN2O5S. The molecule has 4 rings (SSSR count). The lowest BCUT2D eigenvalue weighted by molar-refractivity contribution is -0.139. The Labute approximate surface area is 197 Å². The number of hydrogen-bond acceptors (Lipinski definition) is 7.